The van der Waals surface area contributed by atoms with Crippen molar-refractivity contribution in [3.05, 3.63) is 58.6 Å². The molecule has 27 heavy (non-hydrogen) atoms. The van der Waals surface area contributed by atoms with Crippen LogP contribution in [0.5, 0.6) is 5.75 Å². The maximum atomic E-state index is 11.8. The second-order valence-electron chi connectivity index (χ2n) is 5.40. The molecule has 0 aromatic heterocycles. The van der Waals surface area contributed by atoms with Crippen molar-refractivity contribution in [3.8, 4) is 5.75 Å². The fraction of sp³-hybridized carbons (Fsp3) is 0.111. The van der Waals surface area contributed by atoms with Gasteiger partial charge in [-0.25, -0.2) is 10.2 Å². The van der Waals surface area contributed by atoms with Crippen molar-refractivity contribution in [2.75, 3.05) is 11.9 Å². The Labute approximate surface area is 159 Å². The Morgan fingerprint density at radius 2 is 1.96 bits per heavy atom. The second-order valence-corrected chi connectivity index (χ2v) is 5.80. The quantitative estimate of drug-likeness (QED) is 0.398. The number of amides is 2. The van der Waals surface area contributed by atoms with Crippen LogP contribution in [-0.2, 0) is 14.4 Å². The van der Waals surface area contributed by atoms with E-state index >= 15 is 0 Å². The number of nitrogens with zero attached hydrogens (tertiary/aromatic N) is 1. The Hall–Kier alpha value is -3.39. The number of halogens is 1. The third kappa shape index (κ3) is 6.44. The summed E-state index contributed by atoms with van der Waals surface area (Å²) in [6.07, 6.45) is 1.28. The zero-order chi connectivity index (χ0) is 19.8. The van der Waals surface area contributed by atoms with E-state index in [1.807, 2.05) is 13.0 Å². The number of nitrogens with one attached hydrogen (secondary N) is 2. The molecule has 0 aliphatic carbocycles. The van der Waals surface area contributed by atoms with Crippen molar-refractivity contribution in [1.29, 1.82) is 0 Å². The van der Waals surface area contributed by atoms with Gasteiger partial charge in [0.25, 0.3) is 0 Å². The lowest BCUT2D eigenvalue weighted by atomic mass is 10.2. The van der Waals surface area contributed by atoms with E-state index in [4.69, 9.17) is 21.4 Å². The van der Waals surface area contributed by atoms with E-state index in [1.54, 1.807) is 24.3 Å². The van der Waals surface area contributed by atoms with Gasteiger partial charge in [-0.2, -0.15) is 5.10 Å². The summed E-state index contributed by atoms with van der Waals surface area (Å²) < 4.78 is 4.99. The van der Waals surface area contributed by atoms with Gasteiger partial charge in [0.1, 0.15) is 5.75 Å². The van der Waals surface area contributed by atoms with E-state index in [9.17, 15) is 14.4 Å². The molecule has 0 saturated heterocycles. The highest BCUT2D eigenvalue weighted by atomic mass is 35.5. The van der Waals surface area contributed by atoms with Crippen LogP contribution in [0.4, 0.5) is 5.69 Å². The predicted octanol–water partition coefficient (Wildman–Crippen LogP) is 2.20. The minimum absolute atomic E-state index is 0.184. The van der Waals surface area contributed by atoms with E-state index in [0.29, 0.717) is 11.3 Å². The fourth-order valence-electron chi connectivity index (χ4n) is 1.98. The monoisotopic (exact) mass is 389 g/mol. The first-order chi connectivity index (χ1) is 12.8. The van der Waals surface area contributed by atoms with Crippen molar-refractivity contribution >= 4 is 41.3 Å². The molecule has 9 heteroatoms. The van der Waals surface area contributed by atoms with Gasteiger partial charge in [-0.1, -0.05) is 23.7 Å². The molecule has 2 amide bonds. The van der Waals surface area contributed by atoms with Crippen molar-refractivity contribution in [2.45, 2.75) is 6.92 Å². The molecule has 140 valence electrons. The number of benzene rings is 2. The van der Waals surface area contributed by atoms with Crippen LogP contribution in [0.3, 0.4) is 0 Å². The topological polar surface area (TPSA) is 117 Å². The summed E-state index contributed by atoms with van der Waals surface area (Å²) in [4.78, 5) is 34.0. The van der Waals surface area contributed by atoms with Crippen molar-refractivity contribution in [3.63, 3.8) is 0 Å². The first-order valence-electron chi connectivity index (χ1n) is 7.70. The third-order valence-corrected chi connectivity index (χ3v) is 3.46. The van der Waals surface area contributed by atoms with Crippen LogP contribution in [0.15, 0.2) is 47.6 Å². The molecule has 0 radical (unpaired) electrons. The Balaban J connectivity index is 1.90. The number of hydrogen-bond acceptors (Lipinski definition) is 5. The molecule has 2 aromatic carbocycles. The van der Waals surface area contributed by atoms with Gasteiger partial charge in [-0.3, -0.25) is 9.59 Å². The molecule has 2 rings (SSSR count). The number of carboxylic acids is 1. The molecule has 2 aromatic rings. The molecular formula is C18H16ClN3O5. The van der Waals surface area contributed by atoms with Crippen LogP contribution in [0.1, 0.15) is 11.1 Å². The maximum Gasteiger partial charge on any atom is 0.341 e. The number of carbonyl (C=O) groups excluding carboxylic acids is 2. The second kappa shape index (κ2) is 9.35. The van der Waals surface area contributed by atoms with Crippen LogP contribution >= 0.6 is 11.6 Å². The zero-order valence-electron chi connectivity index (χ0n) is 14.2. The molecule has 0 atom stereocenters. The van der Waals surface area contributed by atoms with Gasteiger partial charge >= 0.3 is 17.8 Å². The Morgan fingerprint density at radius 3 is 2.63 bits per heavy atom. The largest absolute Gasteiger partial charge is 0.480 e. The van der Waals surface area contributed by atoms with Gasteiger partial charge in [0.2, 0.25) is 0 Å². The molecule has 0 unspecified atom stereocenters. The smallest absolute Gasteiger partial charge is 0.341 e. The molecule has 0 bridgehead atoms. The summed E-state index contributed by atoms with van der Waals surface area (Å²) in [5, 5.41) is 14.9. The molecule has 8 nitrogen and oxygen atoms in total. The number of carboxylic acid groups (broad SMARTS) is 1. The van der Waals surface area contributed by atoms with Gasteiger partial charge in [-0.05, 0) is 48.4 Å². The van der Waals surface area contributed by atoms with E-state index < -0.39 is 24.4 Å². The van der Waals surface area contributed by atoms with Crippen LogP contribution < -0.4 is 15.5 Å². The van der Waals surface area contributed by atoms with Gasteiger partial charge in [0.05, 0.1) is 11.2 Å². The molecule has 0 aliphatic heterocycles. The van der Waals surface area contributed by atoms with E-state index in [2.05, 4.69) is 15.8 Å². The van der Waals surface area contributed by atoms with Gasteiger partial charge in [0.15, 0.2) is 6.61 Å². The van der Waals surface area contributed by atoms with E-state index in [0.717, 1.165) is 5.56 Å². The SMILES string of the molecule is Cc1cccc(NC(=O)C(=O)N/N=C\c2ccc(OCC(=O)O)c(Cl)c2)c1. The van der Waals surface area contributed by atoms with Crippen LogP contribution in [0.2, 0.25) is 5.02 Å². The lowest BCUT2D eigenvalue weighted by Crippen LogP contribution is -2.32. The number of aliphatic carboxylic acids is 1. The number of carbonyl (C=O) groups is 3. The highest BCUT2D eigenvalue weighted by Crippen LogP contribution is 2.24. The molecule has 0 saturated carbocycles. The number of hydrogen-bond donors (Lipinski definition) is 3. The molecule has 0 aliphatic rings. The molecule has 3 N–H and O–H groups in total. The van der Waals surface area contributed by atoms with E-state index in [1.165, 1.54) is 18.3 Å². The fourth-order valence-corrected chi connectivity index (χ4v) is 2.22. The van der Waals surface area contributed by atoms with Crippen LogP contribution in [0.25, 0.3) is 0 Å². The summed E-state index contributed by atoms with van der Waals surface area (Å²) in [6.45, 7) is 1.35. The van der Waals surface area contributed by atoms with Gasteiger partial charge in [0, 0.05) is 5.69 Å². The van der Waals surface area contributed by atoms with Crippen molar-refractivity contribution in [1.82, 2.24) is 5.43 Å². The first kappa shape index (κ1) is 19.9. The average molecular weight is 390 g/mol. The van der Waals surface area contributed by atoms with Gasteiger partial charge in [-0.15, -0.1) is 0 Å². The zero-order valence-corrected chi connectivity index (χ0v) is 15.0. The molecule has 0 spiro atoms. The Morgan fingerprint density at radius 1 is 1.19 bits per heavy atom. The summed E-state index contributed by atoms with van der Waals surface area (Å²) in [5.74, 6) is -2.70. The van der Waals surface area contributed by atoms with Crippen LogP contribution in [-0.4, -0.2) is 35.7 Å². The van der Waals surface area contributed by atoms with Crippen molar-refractivity contribution < 1.29 is 24.2 Å². The summed E-state index contributed by atoms with van der Waals surface area (Å²) in [5.41, 5.74) is 4.07. The van der Waals surface area contributed by atoms with E-state index in [-0.39, 0.29) is 10.8 Å². The first-order valence-corrected chi connectivity index (χ1v) is 8.08. The number of aryl methyl sites for hydroxylation is 1. The lowest BCUT2D eigenvalue weighted by molar-refractivity contribution is -0.139. The minimum atomic E-state index is -1.12. The molecule has 0 heterocycles. The minimum Gasteiger partial charge on any atom is -0.480 e. The summed E-state index contributed by atoms with van der Waals surface area (Å²) in [7, 11) is 0. The lowest BCUT2D eigenvalue weighted by Gasteiger charge is -2.06. The van der Waals surface area contributed by atoms with Gasteiger partial charge < -0.3 is 15.2 Å². The number of hydrazone groups is 1. The summed E-state index contributed by atoms with van der Waals surface area (Å²) >= 11 is 5.98. The normalized spacial score (nSPS) is 10.4. The van der Waals surface area contributed by atoms with Crippen LogP contribution in [0, 0.1) is 6.92 Å². The van der Waals surface area contributed by atoms with Crippen molar-refractivity contribution in [2.24, 2.45) is 5.10 Å². The average Bonchev–Trinajstić information content (AvgIpc) is 2.60. The Bertz CT molecular complexity index is 898. The number of rotatable bonds is 6. The highest BCUT2D eigenvalue weighted by Gasteiger charge is 2.12. The molecular weight excluding hydrogens is 374 g/mol. The maximum absolute atomic E-state index is 11.8. The summed E-state index contributed by atoms with van der Waals surface area (Å²) in [6, 6.07) is 11.5. The predicted molar refractivity (Wildman–Crippen MR) is 100 cm³/mol. The standard InChI is InChI=1S/C18H16ClN3O5/c1-11-3-2-4-13(7-11)21-17(25)18(26)22-20-9-12-5-6-15(14(19)8-12)27-10-16(23)24/h2-9H,10H2,1H3,(H,21,25)(H,22,26)(H,23,24)/b20-9-. The third-order valence-electron chi connectivity index (χ3n) is 3.17. The Kier molecular flexibility index (Phi) is 6.90. The molecule has 0 fully saturated rings. The highest BCUT2D eigenvalue weighted by molar-refractivity contribution is 6.39. The number of anilines is 1. The number of ether oxygens (including phenoxy) is 1.